The highest BCUT2D eigenvalue weighted by Gasteiger charge is 2.14. The minimum atomic E-state index is -0.514. The topological polar surface area (TPSA) is 86.2 Å². The number of fused-ring (bicyclic) bond motifs is 1. The molecule has 0 aliphatic heterocycles. The first-order valence-electron chi connectivity index (χ1n) is 12.9. The highest BCUT2D eigenvalue weighted by atomic mass is 16.5. The van der Waals surface area contributed by atoms with Crippen LogP contribution < -0.4 is 19.6 Å². The normalized spacial score (nSPS) is 11.1. The fourth-order valence-electron chi connectivity index (χ4n) is 3.99. The third-order valence-electron chi connectivity index (χ3n) is 6.15. The van der Waals surface area contributed by atoms with Crippen molar-refractivity contribution in [2.75, 3.05) is 13.2 Å². The molecule has 0 aliphatic carbocycles. The molecule has 4 aromatic rings. The van der Waals surface area contributed by atoms with Gasteiger partial charge in [-0.05, 0) is 78.1 Å². The zero-order chi connectivity index (χ0) is 27.8. The van der Waals surface area contributed by atoms with Crippen LogP contribution in [0.4, 0.5) is 0 Å². The number of carbonyl (C=O) groups is 2. The summed E-state index contributed by atoms with van der Waals surface area (Å²) in [7, 11) is 0. The molecule has 0 bridgehead atoms. The lowest BCUT2D eigenvalue weighted by atomic mass is 10.0. The Labute approximate surface area is 228 Å². The molecule has 200 valence electrons. The van der Waals surface area contributed by atoms with Crippen molar-refractivity contribution in [1.29, 1.82) is 0 Å². The monoisotopic (exact) mass is 524 g/mol. The number of carbonyl (C=O) groups excluding carboxylic acids is 2. The van der Waals surface area contributed by atoms with Crippen molar-refractivity contribution in [3.05, 3.63) is 101 Å². The average Bonchev–Trinajstić information content (AvgIpc) is 2.94. The van der Waals surface area contributed by atoms with Gasteiger partial charge in [-0.25, -0.2) is 10.2 Å². The molecular formula is C32H32N2O5. The molecule has 0 aliphatic rings. The first-order chi connectivity index (χ1) is 18.9. The zero-order valence-electron chi connectivity index (χ0n) is 22.6. The number of aryl methyl sites for hydroxylation is 1. The lowest BCUT2D eigenvalue weighted by Crippen LogP contribution is -2.24. The van der Waals surface area contributed by atoms with Crippen molar-refractivity contribution < 1.29 is 23.8 Å². The summed E-state index contributed by atoms with van der Waals surface area (Å²) in [4.78, 5) is 25.3. The van der Waals surface area contributed by atoms with Crippen LogP contribution in [0.2, 0.25) is 0 Å². The maximum absolute atomic E-state index is 12.9. The van der Waals surface area contributed by atoms with E-state index in [0.29, 0.717) is 40.9 Å². The van der Waals surface area contributed by atoms with Crippen LogP contribution in [0.5, 0.6) is 17.2 Å². The minimum absolute atomic E-state index is 0.186. The number of ether oxygens (including phenoxy) is 3. The predicted octanol–water partition coefficient (Wildman–Crippen LogP) is 6.42. The molecule has 0 aromatic heterocycles. The van der Waals surface area contributed by atoms with E-state index >= 15 is 0 Å². The van der Waals surface area contributed by atoms with Crippen molar-refractivity contribution >= 4 is 28.9 Å². The highest BCUT2D eigenvalue weighted by Crippen LogP contribution is 2.28. The molecule has 7 nitrogen and oxygen atoms in total. The van der Waals surface area contributed by atoms with E-state index in [9.17, 15) is 9.59 Å². The zero-order valence-corrected chi connectivity index (χ0v) is 22.6. The quantitative estimate of drug-likeness (QED) is 0.112. The summed E-state index contributed by atoms with van der Waals surface area (Å²) in [5, 5.41) is 5.90. The fraction of sp³-hybridized carbons (Fsp3) is 0.219. The molecule has 0 atom stereocenters. The van der Waals surface area contributed by atoms with Crippen LogP contribution in [0, 0.1) is 6.92 Å². The molecule has 4 aromatic carbocycles. The molecule has 0 radical (unpaired) electrons. The Morgan fingerprint density at radius 2 is 1.69 bits per heavy atom. The molecule has 0 saturated heterocycles. The van der Waals surface area contributed by atoms with Crippen molar-refractivity contribution in [1.82, 2.24) is 5.43 Å². The van der Waals surface area contributed by atoms with Gasteiger partial charge in [-0.1, -0.05) is 56.3 Å². The van der Waals surface area contributed by atoms with E-state index in [1.807, 2.05) is 56.3 Å². The summed E-state index contributed by atoms with van der Waals surface area (Å²) in [6.07, 6.45) is 1.48. The Morgan fingerprint density at radius 1 is 0.923 bits per heavy atom. The van der Waals surface area contributed by atoms with E-state index in [4.69, 9.17) is 14.2 Å². The van der Waals surface area contributed by atoms with Gasteiger partial charge in [0, 0.05) is 5.56 Å². The first-order valence-corrected chi connectivity index (χ1v) is 12.9. The number of hydrogen-bond acceptors (Lipinski definition) is 6. The number of amides is 1. The number of esters is 1. The Balaban J connectivity index is 1.48. The maximum Gasteiger partial charge on any atom is 0.343 e. The second kappa shape index (κ2) is 12.7. The fourth-order valence-corrected chi connectivity index (χ4v) is 3.99. The van der Waals surface area contributed by atoms with Crippen molar-refractivity contribution in [3.8, 4) is 17.2 Å². The smallest absolute Gasteiger partial charge is 0.343 e. The van der Waals surface area contributed by atoms with E-state index in [1.165, 1.54) is 6.21 Å². The number of hydrogen-bond donors (Lipinski definition) is 1. The van der Waals surface area contributed by atoms with Crippen molar-refractivity contribution in [3.63, 3.8) is 0 Å². The Hall–Kier alpha value is -4.65. The summed E-state index contributed by atoms with van der Waals surface area (Å²) in [5.41, 5.74) is 5.54. The van der Waals surface area contributed by atoms with Gasteiger partial charge in [0.05, 0.1) is 18.4 Å². The molecule has 0 unspecified atom stereocenters. The van der Waals surface area contributed by atoms with Gasteiger partial charge in [0.15, 0.2) is 6.61 Å². The van der Waals surface area contributed by atoms with Gasteiger partial charge < -0.3 is 14.2 Å². The molecule has 1 N–H and O–H groups in total. The van der Waals surface area contributed by atoms with Gasteiger partial charge in [-0.3, -0.25) is 4.79 Å². The number of nitrogens with zero attached hydrogens (tertiary/aromatic N) is 1. The molecule has 4 rings (SSSR count). The molecule has 0 fully saturated rings. The average molecular weight is 525 g/mol. The lowest BCUT2D eigenvalue weighted by Gasteiger charge is -2.12. The van der Waals surface area contributed by atoms with Gasteiger partial charge >= 0.3 is 5.97 Å². The van der Waals surface area contributed by atoms with Crippen LogP contribution in [-0.2, 0) is 4.79 Å². The van der Waals surface area contributed by atoms with Gasteiger partial charge in [-0.2, -0.15) is 5.10 Å². The van der Waals surface area contributed by atoms with Gasteiger partial charge in [0.1, 0.15) is 17.2 Å². The Bertz CT molecular complexity index is 1490. The molecule has 0 heterocycles. The van der Waals surface area contributed by atoms with Crippen molar-refractivity contribution in [2.45, 2.75) is 33.6 Å². The second-order valence-electron chi connectivity index (χ2n) is 9.31. The largest absolute Gasteiger partial charge is 0.494 e. The van der Waals surface area contributed by atoms with Gasteiger partial charge in [0.2, 0.25) is 0 Å². The van der Waals surface area contributed by atoms with Crippen LogP contribution >= 0.6 is 0 Å². The number of nitrogens with one attached hydrogen (secondary N) is 1. The van der Waals surface area contributed by atoms with E-state index in [0.717, 1.165) is 21.9 Å². The molecule has 0 saturated carbocycles. The molecular weight excluding hydrogens is 492 g/mol. The van der Waals surface area contributed by atoms with Crippen molar-refractivity contribution in [2.24, 2.45) is 5.10 Å². The Kier molecular flexibility index (Phi) is 8.94. The summed E-state index contributed by atoms with van der Waals surface area (Å²) < 4.78 is 16.9. The number of rotatable bonds is 10. The number of benzene rings is 4. The summed E-state index contributed by atoms with van der Waals surface area (Å²) >= 11 is 0. The molecule has 39 heavy (non-hydrogen) atoms. The van der Waals surface area contributed by atoms with Crippen LogP contribution in [0.3, 0.4) is 0 Å². The lowest BCUT2D eigenvalue weighted by molar-refractivity contribution is -0.123. The summed E-state index contributed by atoms with van der Waals surface area (Å²) in [6, 6.07) is 24.0. The number of hydrazone groups is 1. The summed E-state index contributed by atoms with van der Waals surface area (Å²) in [6.45, 7) is 8.39. The second-order valence-corrected chi connectivity index (χ2v) is 9.31. The standard InChI is InChI=1S/C32H32N2O5/c1-5-37-26-15-12-24(13-16-26)32(36)39-29-17-14-23-8-6-7-9-27(23)28(29)19-33-34-31(35)20-38-30-18-25(21(2)3)11-10-22(30)4/h6-19,21H,5,20H2,1-4H3,(H,34,35)/b33-19-. The van der Waals surface area contributed by atoms with Crippen LogP contribution in [-0.4, -0.2) is 31.3 Å². The molecule has 7 heteroatoms. The third kappa shape index (κ3) is 7.02. The van der Waals surface area contributed by atoms with E-state index in [1.54, 1.807) is 30.3 Å². The minimum Gasteiger partial charge on any atom is -0.494 e. The first kappa shape index (κ1) is 27.4. The SMILES string of the molecule is CCOc1ccc(C(=O)Oc2ccc3ccccc3c2/C=N\NC(=O)COc2cc(C(C)C)ccc2C)cc1. The maximum atomic E-state index is 12.9. The van der Waals surface area contributed by atoms with Crippen LogP contribution in [0.1, 0.15) is 53.7 Å². The highest BCUT2D eigenvalue weighted by molar-refractivity contribution is 6.04. The summed E-state index contributed by atoms with van der Waals surface area (Å²) in [5.74, 6) is 1.09. The predicted molar refractivity (Wildman–Crippen MR) is 153 cm³/mol. The van der Waals surface area contributed by atoms with Crippen LogP contribution in [0.25, 0.3) is 10.8 Å². The Morgan fingerprint density at radius 3 is 2.44 bits per heavy atom. The van der Waals surface area contributed by atoms with Gasteiger partial charge in [0.25, 0.3) is 5.91 Å². The van der Waals surface area contributed by atoms with E-state index in [2.05, 4.69) is 30.4 Å². The van der Waals surface area contributed by atoms with E-state index in [-0.39, 0.29) is 6.61 Å². The van der Waals surface area contributed by atoms with Crippen LogP contribution in [0.15, 0.2) is 84.0 Å². The van der Waals surface area contributed by atoms with E-state index < -0.39 is 11.9 Å². The third-order valence-corrected chi connectivity index (χ3v) is 6.15. The molecule has 0 spiro atoms. The molecule has 1 amide bonds. The van der Waals surface area contributed by atoms with Gasteiger partial charge in [-0.15, -0.1) is 0 Å².